The van der Waals surface area contributed by atoms with Gasteiger partial charge < -0.3 is 24.4 Å². The maximum Gasteiger partial charge on any atom is 0.220 e. The Balaban J connectivity index is 1.16. The molecule has 3 aromatic rings. The first-order valence-corrected chi connectivity index (χ1v) is 15.2. The minimum absolute atomic E-state index is 0.112. The summed E-state index contributed by atoms with van der Waals surface area (Å²) in [6.07, 6.45) is 8.63. The highest BCUT2D eigenvalue weighted by Gasteiger charge is 2.49. The number of hydrogen-bond donors (Lipinski definition) is 2. The Morgan fingerprint density at radius 1 is 0.932 bits per heavy atom. The van der Waals surface area contributed by atoms with Gasteiger partial charge in [0.2, 0.25) is 5.78 Å². The molecule has 3 atom stereocenters. The number of allylic oxidation sites excluding steroid dienone is 3. The number of aromatic hydroxyl groups is 2. The molecule has 0 bridgehead atoms. The zero-order valence-electron chi connectivity index (χ0n) is 25.6. The van der Waals surface area contributed by atoms with Crippen LogP contribution in [0.3, 0.4) is 0 Å². The Morgan fingerprint density at radius 2 is 1.64 bits per heavy atom. The van der Waals surface area contributed by atoms with Crippen molar-refractivity contribution < 1.29 is 29.2 Å². The van der Waals surface area contributed by atoms with Crippen LogP contribution in [-0.4, -0.2) is 67.2 Å². The van der Waals surface area contributed by atoms with Gasteiger partial charge in [0.05, 0.1) is 14.2 Å². The Morgan fingerprint density at radius 3 is 2.39 bits per heavy atom. The first-order chi connectivity index (χ1) is 21.2. The molecule has 2 heterocycles. The largest absolute Gasteiger partial charge is 0.504 e. The molecule has 4 aliphatic rings. The van der Waals surface area contributed by atoms with Gasteiger partial charge in [0, 0.05) is 36.2 Å². The van der Waals surface area contributed by atoms with Crippen molar-refractivity contribution in [1.82, 2.24) is 9.80 Å². The van der Waals surface area contributed by atoms with Crippen molar-refractivity contribution in [2.75, 3.05) is 41.4 Å². The minimum Gasteiger partial charge on any atom is -0.504 e. The van der Waals surface area contributed by atoms with Crippen molar-refractivity contribution in [3.8, 4) is 28.7 Å². The molecule has 0 saturated carbocycles. The fourth-order valence-electron chi connectivity index (χ4n) is 7.62. The molecule has 228 valence electrons. The molecular formula is C36H38N2O6. The maximum absolute atomic E-state index is 13.1. The van der Waals surface area contributed by atoms with E-state index >= 15 is 0 Å². The van der Waals surface area contributed by atoms with Crippen LogP contribution in [0.2, 0.25) is 0 Å². The lowest BCUT2D eigenvalue weighted by Gasteiger charge is -2.35. The van der Waals surface area contributed by atoms with E-state index in [1.807, 2.05) is 54.6 Å². The summed E-state index contributed by atoms with van der Waals surface area (Å²) < 4.78 is 17.1. The van der Waals surface area contributed by atoms with Crippen LogP contribution in [0.4, 0.5) is 0 Å². The molecule has 8 heteroatoms. The Bertz CT molecular complexity index is 1710. The molecule has 2 aliphatic heterocycles. The summed E-state index contributed by atoms with van der Waals surface area (Å²) in [5.74, 6) is 1.87. The number of methoxy groups -OCH3 is 2. The van der Waals surface area contributed by atoms with Crippen LogP contribution in [0, 0.1) is 0 Å². The summed E-state index contributed by atoms with van der Waals surface area (Å²) in [5.41, 5.74) is 5.88. The second-order valence-electron chi connectivity index (χ2n) is 12.5. The fraction of sp³-hybridized carbons (Fsp3) is 0.361. The number of ether oxygens (including phenoxy) is 3. The van der Waals surface area contributed by atoms with Crippen LogP contribution in [-0.2, 0) is 29.5 Å². The number of ketones is 1. The van der Waals surface area contributed by atoms with E-state index < -0.39 is 5.41 Å². The predicted octanol–water partition coefficient (Wildman–Crippen LogP) is 5.16. The Labute approximate surface area is 257 Å². The molecule has 0 fully saturated rings. The van der Waals surface area contributed by atoms with E-state index in [1.54, 1.807) is 20.3 Å². The van der Waals surface area contributed by atoms with E-state index in [-0.39, 0.29) is 35.1 Å². The Hall–Kier alpha value is -4.27. The zero-order valence-corrected chi connectivity index (χ0v) is 25.6. The number of likely N-dealkylation sites (N-methyl/N-ethyl adjacent to an activating group) is 2. The smallest absolute Gasteiger partial charge is 0.220 e. The monoisotopic (exact) mass is 594 g/mol. The molecule has 44 heavy (non-hydrogen) atoms. The topological polar surface area (TPSA) is 91.7 Å². The van der Waals surface area contributed by atoms with Crippen molar-refractivity contribution in [2.45, 2.75) is 43.2 Å². The quantitative estimate of drug-likeness (QED) is 0.405. The van der Waals surface area contributed by atoms with Crippen molar-refractivity contribution >= 4 is 5.78 Å². The van der Waals surface area contributed by atoms with Gasteiger partial charge in [0.25, 0.3) is 0 Å². The fourth-order valence-corrected chi connectivity index (χ4v) is 7.62. The van der Waals surface area contributed by atoms with Crippen LogP contribution in [0.5, 0.6) is 28.7 Å². The Kier molecular flexibility index (Phi) is 6.94. The van der Waals surface area contributed by atoms with Crippen LogP contribution in [0.25, 0.3) is 0 Å². The third-order valence-electron chi connectivity index (χ3n) is 10.0. The molecule has 0 radical (unpaired) electrons. The van der Waals surface area contributed by atoms with Gasteiger partial charge in [0.15, 0.2) is 28.8 Å². The molecule has 3 unspecified atom stereocenters. The molecule has 7 rings (SSSR count). The summed E-state index contributed by atoms with van der Waals surface area (Å²) in [6.45, 7) is 1.84. The minimum atomic E-state index is -0.678. The predicted molar refractivity (Wildman–Crippen MR) is 167 cm³/mol. The number of nitrogens with zero attached hydrogens (tertiary/aromatic N) is 2. The van der Waals surface area contributed by atoms with Crippen molar-refractivity contribution in [3.05, 3.63) is 99.8 Å². The van der Waals surface area contributed by atoms with E-state index in [0.717, 1.165) is 54.6 Å². The van der Waals surface area contributed by atoms with Crippen LogP contribution in [0.15, 0.2) is 66.5 Å². The molecule has 2 aliphatic carbocycles. The molecule has 8 nitrogen and oxygen atoms in total. The number of carbonyl (C=O) groups is 1. The average Bonchev–Trinajstić information content (AvgIpc) is 3.36. The van der Waals surface area contributed by atoms with Gasteiger partial charge >= 0.3 is 0 Å². The average molecular weight is 595 g/mol. The van der Waals surface area contributed by atoms with Gasteiger partial charge in [-0.3, -0.25) is 14.6 Å². The number of hydrogen-bond acceptors (Lipinski definition) is 8. The highest BCUT2D eigenvalue weighted by Crippen LogP contribution is 2.58. The molecule has 0 aromatic heterocycles. The summed E-state index contributed by atoms with van der Waals surface area (Å²) in [7, 11) is 7.36. The third kappa shape index (κ3) is 4.55. The van der Waals surface area contributed by atoms with E-state index in [2.05, 4.69) is 23.9 Å². The molecule has 1 spiro atoms. The van der Waals surface area contributed by atoms with Crippen LogP contribution >= 0.6 is 0 Å². The number of phenolic OH excluding ortho intramolecular Hbond substituents is 2. The summed E-state index contributed by atoms with van der Waals surface area (Å²) >= 11 is 0. The molecule has 2 N–H and O–H groups in total. The molecule has 0 saturated heterocycles. The number of rotatable bonds is 6. The van der Waals surface area contributed by atoms with Gasteiger partial charge in [-0.05, 0) is 110 Å². The summed E-state index contributed by atoms with van der Waals surface area (Å²) in [4.78, 5) is 17.7. The SMILES string of the molecule is COc1cc2c(cc1O)C(Cc1ccc(OC3=CC4(C=CC3=O)CC3c5c(cc(OC)c(O)c54)CCN3C)cc1)N(C)CC2. The second-order valence-corrected chi connectivity index (χ2v) is 12.5. The lowest BCUT2D eigenvalue weighted by Crippen LogP contribution is -2.33. The molecular weight excluding hydrogens is 556 g/mol. The van der Waals surface area contributed by atoms with Crippen molar-refractivity contribution in [2.24, 2.45) is 0 Å². The van der Waals surface area contributed by atoms with E-state index in [9.17, 15) is 15.0 Å². The van der Waals surface area contributed by atoms with Gasteiger partial charge in [0.1, 0.15) is 5.75 Å². The standard InChI is InChI=1S/C36H38N2O6/c1-37-13-10-22-16-30(42-3)29(40)18-25(22)26(37)15-21-5-7-24(8-6-21)44-32-20-36(12-9-28(32)39)19-27-33-23(11-14-38(27)2)17-31(43-4)35(41)34(33)36/h5-9,12,16-18,20,26-27,40-41H,10-11,13-15,19H2,1-4H3. The molecule has 3 aromatic carbocycles. The van der Waals surface area contributed by atoms with Gasteiger partial charge in [-0.15, -0.1) is 0 Å². The highest BCUT2D eigenvalue weighted by molar-refractivity contribution is 6.04. The number of phenols is 2. The molecule has 0 amide bonds. The zero-order chi connectivity index (χ0) is 30.7. The van der Waals surface area contributed by atoms with E-state index in [0.29, 0.717) is 23.7 Å². The van der Waals surface area contributed by atoms with Gasteiger partial charge in [-0.1, -0.05) is 18.2 Å². The summed E-state index contributed by atoms with van der Waals surface area (Å²) in [6, 6.07) is 13.8. The maximum atomic E-state index is 13.1. The summed E-state index contributed by atoms with van der Waals surface area (Å²) in [5, 5.41) is 21.8. The highest BCUT2D eigenvalue weighted by atomic mass is 16.5. The van der Waals surface area contributed by atoms with Crippen molar-refractivity contribution in [3.63, 3.8) is 0 Å². The second kappa shape index (κ2) is 10.7. The lowest BCUT2D eigenvalue weighted by atomic mass is 9.77. The van der Waals surface area contributed by atoms with Crippen LogP contribution < -0.4 is 14.2 Å². The lowest BCUT2D eigenvalue weighted by molar-refractivity contribution is -0.113. The van der Waals surface area contributed by atoms with Crippen LogP contribution in [0.1, 0.15) is 51.9 Å². The van der Waals surface area contributed by atoms with E-state index in [4.69, 9.17) is 14.2 Å². The van der Waals surface area contributed by atoms with Gasteiger partial charge in [-0.2, -0.15) is 0 Å². The number of carbonyl (C=O) groups excluding carboxylic acids is 1. The number of fused-ring (bicyclic) bond motifs is 2. The van der Waals surface area contributed by atoms with Gasteiger partial charge in [-0.25, -0.2) is 0 Å². The van der Waals surface area contributed by atoms with E-state index in [1.165, 1.54) is 11.1 Å². The normalized spacial score (nSPS) is 24.2. The third-order valence-corrected chi connectivity index (χ3v) is 10.0. The first kappa shape index (κ1) is 28.5. The van der Waals surface area contributed by atoms with Crippen molar-refractivity contribution in [1.29, 1.82) is 0 Å². The first-order valence-electron chi connectivity index (χ1n) is 15.2. The number of benzene rings is 3.